The van der Waals surface area contributed by atoms with Crippen LogP contribution in [0, 0.1) is 17.9 Å². The topological polar surface area (TPSA) is 56.7 Å². The van der Waals surface area contributed by atoms with Crippen molar-refractivity contribution in [2.45, 2.75) is 39.5 Å². The standard InChI is InChI=1S/C42H34N3O.C11H7FN.Ir/c1-26(2)34-24-30(28-14-7-5-8-15-28)25-35(27(3)4)39(34)45-38-21-12-11-20-37(38)43-41(45)33-19-13-18-31-32-22-23-36(29-16-9-6-10-17-29)44-42(32)46-40(31)33;12-10-6-2-1-5-9(10)11-7-3-4-8-13-11;/h5-18,20-27H,1-4H3;1-4,6-8H;/q2*-1;. The van der Waals surface area contributed by atoms with Gasteiger partial charge >= 0.3 is 0 Å². The quantitative estimate of drug-likeness (QED) is 0.149. The van der Waals surface area contributed by atoms with Gasteiger partial charge in [-0.2, -0.15) is 0 Å². The third kappa shape index (κ3) is 7.70. The van der Waals surface area contributed by atoms with Crippen LogP contribution in [0.2, 0.25) is 0 Å². The SMILES string of the molecule is CC(C)c1cc(-c2ccccc2)cc(C(C)C)c1-n1c(-c2[c-]ccc3c2oc2nc(-c4ccccc4)ccc23)nc2ccccc21.Fc1ccc[c-]c1-c1ccccn1.[Ir]. The molecule has 0 aliphatic rings. The molecule has 10 aromatic rings. The van der Waals surface area contributed by atoms with Crippen LogP contribution in [-0.2, 0) is 20.1 Å². The van der Waals surface area contributed by atoms with E-state index in [1.165, 1.54) is 34.0 Å². The molecule has 0 aliphatic heterocycles. The van der Waals surface area contributed by atoms with Gasteiger partial charge in [0.25, 0.3) is 0 Å². The van der Waals surface area contributed by atoms with E-state index in [4.69, 9.17) is 14.4 Å². The van der Waals surface area contributed by atoms with Gasteiger partial charge in [-0.05, 0) is 82.2 Å². The van der Waals surface area contributed by atoms with Crippen molar-refractivity contribution in [1.29, 1.82) is 0 Å². The summed E-state index contributed by atoms with van der Waals surface area (Å²) in [5, 5.41) is 1.98. The van der Waals surface area contributed by atoms with E-state index >= 15 is 0 Å². The van der Waals surface area contributed by atoms with E-state index in [9.17, 15) is 4.39 Å². The molecule has 4 aromatic heterocycles. The summed E-state index contributed by atoms with van der Waals surface area (Å²) in [7, 11) is 0. The number of rotatable bonds is 7. The van der Waals surface area contributed by atoms with Gasteiger partial charge in [-0.3, -0.25) is 9.37 Å². The Hall–Kier alpha value is -6.53. The summed E-state index contributed by atoms with van der Waals surface area (Å²) >= 11 is 0. The summed E-state index contributed by atoms with van der Waals surface area (Å²) < 4.78 is 22.2. The Morgan fingerprint density at radius 1 is 0.583 bits per heavy atom. The van der Waals surface area contributed by atoms with Crippen LogP contribution in [0.25, 0.3) is 83.8 Å². The molecular formula is C53H41FIrN4O-2. The molecule has 1 radical (unpaired) electrons. The van der Waals surface area contributed by atoms with Crippen LogP contribution in [0.5, 0.6) is 0 Å². The third-order valence-corrected chi connectivity index (χ3v) is 10.6. The van der Waals surface area contributed by atoms with E-state index in [0.29, 0.717) is 17.0 Å². The summed E-state index contributed by atoms with van der Waals surface area (Å²) in [5.41, 5.74) is 13.3. The zero-order chi connectivity index (χ0) is 40.5. The molecule has 0 atom stereocenters. The van der Waals surface area contributed by atoms with E-state index < -0.39 is 0 Å². The maximum absolute atomic E-state index is 13.2. The fraction of sp³-hybridized carbons (Fsp3) is 0.113. The van der Waals surface area contributed by atoms with Crippen molar-refractivity contribution >= 4 is 33.1 Å². The molecule has 10 rings (SSSR count). The van der Waals surface area contributed by atoms with Crippen molar-refractivity contribution in [3.05, 3.63) is 193 Å². The summed E-state index contributed by atoms with van der Waals surface area (Å²) in [6.07, 6.45) is 1.63. The van der Waals surface area contributed by atoms with Gasteiger partial charge in [0.15, 0.2) is 0 Å². The van der Waals surface area contributed by atoms with Crippen molar-refractivity contribution in [2.24, 2.45) is 0 Å². The molecule has 0 unspecified atom stereocenters. The Balaban J connectivity index is 0.000000304. The largest absolute Gasteiger partial charge is 0.486 e. The molecule has 0 bridgehead atoms. The van der Waals surface area contributed by atoms with Crippen LogP contribution in [-0.4, -0.2) is 19.5 Å². The van der Waals surface area contributed by atoms with E-state index in [1.807, 2.05) is 30.3 Å². The maximum Gasteiger partial charge on any atom is 0.216 e. The molecule has 0 saturated carbocycles. The van der Waals surface area contributed by atoms with E-state index in [1.54, 1.807) is 30.5 Å². The predicted octanol–water partition coefficient (Wildman–Crippen LogP) is 14.1. The molecule has 0 spiro atoms. The molecule has 60 heavy (non-hydrogen) atoms. The Kier molecular flexibility index (Phi) is 11.7. The van der Waals surface area contributed by atoms with Crippen molar-refractivity contribution in [1.82, 2.24) is 19.5 Å². The van der Waals surface area contributed by atoms with Crippen LogP contribution < -0.4 is 0 Å². The number of nitrogens with zero attached hydrogens (tertiary/aromatic N) is 4. The molecule has 5 nitrogen and oxygen atoms in total. The molecule has 7 heteroatoms. The maximum atomic E-state index is 13.2. The Labute approximate surface area is 363 Å². The first kappa shape index (κ1) is 40.3. The van der Waals surface area contributed by atoms with E-state index in [2.05, 4.69) is 146 Å². The van der Waals surface area contributed by atoms with Crippen molar-refractivity contribution in [2.75, 3.05) is 0 Å². The van der Waals surface area contributed by atoms with Crippen molar-refractivity contribution in [3.63, 3.8) is 0 Å². The Morgan fingerprint density at radius 3 is 1.93 bits per heavy atom. The van der Waals surface area contributed by atoms with Gasteiger partial charge in [0.05, 0.1) is 28.1 Å². The predicted molar refractivity (Wildman–Crippen MR) is 238 cm³/mol. The van der Waals surface area contributed by atoms with Crippen LogP contribution in [0.3, 0.4) is 0 Å². The first-order valence-corrected chi connectivity index (χ1v) is 19.9. The molecule has 6 aromatic carbocycles. The zero-order valence-electron chi connectivity index (χ0n) is 33.7. The number of pyridine rings is 2. The smallest absolute Gasteiger partial charge is 0.216 e. The van der Waals surface area contributed by atoms with Crippen molar-refractivity contribution < 1.29 is 28.9 Å². The second kappa shape index (κ2) is 17.4. The van der Waals surface area contributed by atoms with Gasteiger partial charge in [-0.25, -0.2) is 4.98 Å². The third-order valence-electron chi connectivity index (χ3n) is 10.6. The minimum Gasteiger partial charge on any atom is -0.486 e. The van der Waals surface area contributed by atoms with Gasteiger partial charge in [0.1, 0.15) is 0 Å². The number of fused-ring (bicyclic) bond motifs is 4. The number of hydrogen-bond acceptors (Lipinski definition) is 4. The molecule has 0 amide bonds. The summed E-state index contributed by atoms with van der Waals surface area (Å²) in [6, 6.07) is 58.6. The van der Waals surface area contributed by atoms with Gasteiger partial charge in [0.2, 0.25) is 5.71 Å². The fourth-order valence-electron chi connectivity index (χ4n) is 7.72. The van der Waals surface area contributed by atoms with Gasteiger partial charge in [-0.15, -0.1) is 42.5 Å². The van der Waals surface area contributed by atoms with Crippen molar-refractivity contribution in [3.8, 4) is 50.7 Å². The molecule has 0 N–H and O–H groups in total. The Morgan fingerprint density at radius 2 is 1.25 bits per heavy atom. The van der Waals surface area contributed by atoms with Crippen LogP contribution in [0.1, 0.15) is 50.7 Å². The molecule has 4 heterocycles. The summed E-state index contributed by atoms with van der Waals surface area (Å²) in [4.78, 5) is 14.3. The molecule has 0 aliphatic carbocycles. The number of halogens is 1. The summed E-state index contributed by atoms with van der Waals surface area (Å²) in [5.74, 6) is 1.07. The number of furan rings is 1. The average Bonchev–Trinajstić information content (AvgIpc) is 3.85. The van der Waals surface area contributed by atoms with Crippen LogP contribution >= 0.6 is 0 Å². The number of benzene rings is 6. The number of hydrogen-bond donors (Lipinski definition) is 0. The molecule has 0 fully saturated rings. The zero-order valence-corrected chi connectivity index (χ0v) is 36.0. The molecule has 0 saturated heterocycles. The second-order valence-corrected chi connectivity index (χ2v) is 15.2. The first-order chi connectivity index (χ1) is 28.9. The van der Waals surface area contributed by atoms with Gasteiger partial charge in [-0.1, -0.05) is 129 Å². The normalized spacial score (nSPS) is 11.2. The second-order valence-electron chi connectivity index (χ2n) is 15.2. The average molecular weight is 961 g/mol. The molecular weight excluding hydrogens is 920 g/mol. The van der Waals surface area contributed by atoms with Gasteiger partial charge < -0.3 is 14.0 Å². The minimum atomic E-state index is -0.291. The van der Waals surface area contributed by atoms with Crippen LogP contribution in [0.4, 0.5) is 4.39 Å². The van der Waals surface area contributed by atoms with Crippen LogP contribution in [0.15, 0.2) is 168 Å². The number of para-hydroxylation sites is 2. The monoisotopic (exact) mass is 961 g/mol. The first-order valence-electron chi connectivity index (χ1n) is 19.9. The Bertz CT molecular complexity index is 3040. The van der Waals surface area contributed by atoms with E-state index in [-0.39, 0.29) is 37.8 Å². The number of imidazole rings is 1. The van der Waals surface area contributed by atoms with E-state index in [0.717, 1.165) is 50.0 Å². The summed E-state index contributed by atoms with van der Waals surface area (Å²) in [6.45, 7) is 9.11. The number of aromatic nitrogens is 4. The van der Waals surface area contributed by atoms with Gasteiger partial charge in [0, 0.05) is 48.8 Å². The fourth-order valence-corrected chi connectivity index (χ4v) is 7.72. The molecule has 297 valence electrons. The minimum absolute atomic E-state index is 0.